The monoisotopic (exact) mass is 210 g/mol. The number of alkyl halides is 3. The highest BCUT2D eigenvalue weighted by Crippen LogP contribution is 2.27. The topological polar surface area (TPSA) is 26.3 Å². The van der Waals surface area contributed by atoms with Gasteiger partial charge >= 0.3 is 12.1 Å². The lowest BCUT2D eigenvalue weighted by atomic mass is 10.1. The molecule has 0 N–H and O–H groups in total. The molecule has 0 aromatic heterocycles. The molecule has 0 spiro atoms. The summed E-state index contributed by atoms with van der Waals surface area (Å²) in [5.74, 6) is -1.66. The van der Waals surface area contributed by atoms with Gasteiger partial charge in [-0.2, -0.15) is 13.2 Å². The molecular weight excluding hydrogens is 197 g/mol. The first-order chi connectivity index (χ1) is 6.29. The van der Waals surface area contributed by atoms with Crippen LogP contribution in [0.2, 0.25) is 0 Å². The third-order valence-corrected chi connectivity index (χ3v) is 1.30. The minimum atomic E-state index is -4.64. The maximum Gasteiger partial charge on any atom is 0.423 e. The number of rotatable bonds is 3. The number of carbonyl (C=O) groups is 1. The predicted octanol–water partition coefficient (Wildman–Crippen LogP) is 2.69. The van der Waals surface area contributed by atoms with Crippen molar-refractivity contribution in [2.24, 2.45) is 5.92 Å². The van der Waals surface area contributed by atoms with Gasteiger partial charge in [-0.15, -0.1) is 0 Å². The van der Waals surface area contributed by atoms with E-state index in [1.54, 1.807) is 13.8 Å². The number of carbonyl (C=O) groups excluding carboxylic acids is 1. The number of hydrogen-bond donors (Lipinski definition) is 0. The summed E-state index contributed by atoms with van der Waals surface area (Å²) in [5.41, 5.74) is -1.23. The van der Waals surface area contributed by atoms with E-state index in [-0.39, 0.29) is 12.5 Å². The second-order valence-electron chi connectivity index (χ2n) is 3.04. The highest BCUT2D eigenvalue weighted by Gasteiger charge is 2.39. The summed E-state index contributed by atoms with van der Waals surface area (Å²) in [6.45, 7) is 4.52. The molecule has 0 radical (unpaired) electrons. The van der Waals surface area contributed by atoms with Crippen LogP contribution in [-0.4, -0.2) is 18.8 Å². The highest BCUT2D eigenvalue weighted by molar-refractivity contribution is 5.89. The van der Waals surface area contributed by atoms with Gasteiger partial charge in [0.05, 0.1) is 6.61 Å². The Hall–Kier alpha value is -1.00. The molecule has 0 unspecified atom stereocenters. The van der Waals surface area contributed by atoms with Crippen molar-refractivity contribution in [1.82, 2.24) is 0 Å². The van der Waals surface area contributed by atoms with Crippen LogP contribution in [0.4, 0.5) is 13.2 Å². The molecule has 2 nitrogen and oxygen atoms in total. The van der Waals surface area contributed by atoms with Crippen molar-refractivity contribution < 1.29 is 22.7 Å². The van der Waals surface area contributed by atoms with Gasteiger partial charge in [0.1, 0.15) is 5.57 Å². The summed E-state index contributed by atoms with van der Waals surface area (Å²) in [5, 5.41) is 0. The second kappa shape index (κ2) is 5.02. The van der Waals surface area contributed by atoms with Crippen LogP contribution in [0, 0.1) is 5.92 Å². The SMILES string of the molecule is CCOC(=O)/C(=C/C(C)C)C(F)(F)F. The zero-order valence-electron chi connectivity index (χ0n) is 8.31. The Bertz CT molecular complexity index is 229. The lowest BCUT2D eigenvalue weighted by molar-refractivity contribution is -0.150. The van der Waals surface area contributed by atoms with Crippen LogP contribution in [0.5, 0.6) is 0 Å². The van der Waals surface area contributed by atoms with Crippen molar-refractivity contribution in [1.29, 1.82) is 0 Å². The Morgan fingerprint density at radius 1 is 1.43 bits per heavy atom. The van der Waals surface area contributed by atoms with Crippen molar-refractivity contribution in [3.8, 4) is 0 Å². The van der Waals surface area contributed by atoms with Crippen LogP contribution in [0.3, 0.4) is 0 Å². The third kappa shape index (κ3) is 4.30. The molecule has 0 saturated carbocycles. The number of ether oxygens (including phenoxy) is 1. The fourth-order valence-corrected chi connectivity index (χ4v) is 0.820. The van der Waals surface area contributed by atoms with Crippen LogP contribution in [0.25, 0.3) is 0 Å². The molecule has 0 aliphatic carbocycles. The molecular formula is C9H13F3O2. The summed E-state index contributed by atoms with van der Waals surface area (Å²) < 4.78 is 41.2. The maximum atomic E-state index is 12.3. The minimum absolute atomic E-state index is 0.0651. The van der Waals surface area contributed by atoms with Crippen molar-refractivity contribution in [3.63, 3.8) is 0 Å². The van der Waals surface area contributed by atoms with Crippen molar-refractivity contribution in [3.05, 3.63) is 11.6 Å². The van der Waals surface area contributed by atoms with Gasteiger partial charge in [0.25, 0.3) is 0 Å². The minimum Gasteiger partial charge on any atom is -0.462 e. The number of halogens is 3. The van der Waals surface area contributed by atoms with Gasteiger partial charge in [0.15, 0.2) is 0 Å². The van der Waals surface area contributed by atoms with Crippen LogP contribution in [0.15, 0.2) is 11.6 Å². The Morgan fingerprint density at radius 2 is 1.93 bits per heavy atom. The molecule has 14 heavy (non-hydrogen) atoms. The smallest absolute Gasteiger partial charge is 0.423 e. The zero-order chi connectivity index (χ0) is 11.4. The van der Waals surface area contributed by atoms with Gasteiger partial charge in [-0.25, -0.2) is 4.79 Å². The predicted molar refractivity (Wildman–Crippen MR) is 45.6 cm³/mol. The Balaban J connectivity index is 4.83. The van der Waals surface area contributed by atoms with Crippen molar-refractivity contribution in [2.75, 3.05) is 6.61 Å². The third-order valence-electron chi connectivity index (χ3n) is 1.30. The fourth-order valence-electron chi connectivity index (χ4n) is 0.820. The lowest BCUT2D eigenvalue weighted by Gasteiger charge is -2.11. The lowest BCUT2D eigenvalue weighted by Crippen LogP contribution is -2.22. The van der Waals surface area contributed by atoms with Gasteiger partial charge in [-0.1, -0.05) is 19.9 Å². The maximum absolute atomic E-state index is 12.3. The van der Waals surface area contributed by atoms with Gasteiger partial charge in [-0.05, 0) is 12.8 Å². The van der Waals surface area contributed by atoms with E-state index in [1.807, 2.05) is 0 Å². The molecule has 0 aromatic carbocycles. The highest BCUT2D eigenvalue weighted by atomic mass is 19.4. The van der Waals surface area contributed by atoms with Gasteiger partial charge in [-0.3, -0.25) is 0 Å². The van der Waals surface area contributed by atoms with Crippen LogP contribution < -0.4 is 0 Å². The quantitative estimate of drug-likeness (QED) is 0.528. The average molecular weight is 210 g/mol. The summed E-state index contributed by atoms with van der Waals surface area (Å²) >= 11 is 0. The van der Waals surface area contributed by atoms with Crippen LogP contribution in [0.1, 0.15) is 20.8 Å². The fraction of sp³-hybridized carbons (Fsp3) is 0.667. The normalized spacial score (nSPS) is 13.2. The van der Waals surface area contributed by atoms with Crippen LogP contribution in [-0.2, 0) is 9.53 Å². The first kappa shape index (κ1) is 13.0. The summed E-state index contributed by atoms with van der Waals surface area (Å²) in [7, 11) is 0. The van der Waals surface area contributed by atoms with Crippen molar-refractivity contribution >= 4 is 5.97 Å². The van der Waals surface area contributed by atoms with E-state index in [2.05, 4.69) is 4.74 Å². The van der Waals surface area contributed by atoms with Gasteiger partial charge < -0.3 is 4.74 Å². The number of esters is 1. The number of hydrogen-bond acceptors (Lipinski definition) is 2. The Morgan fingerprint density at radius 3 is 2.21 bits per heavy atom. The molecule has 0 aliphatic rings. The molecule has 0 aromatic rings. The molecule has 5 heteroatoms. The van der Waals surface area contributed by atoms with E-state index >= 15 is 0 Å². The Kier molecular flexibility index (Phi) is 4.67. The van der Waals surface area contributed by atoms with E-state index in [1.165, 1.54) is 6.92 Å². The Labute approximate surface area is 80.7 Å². The van der Waals surface area contributed by atoms with E-state index in [4.69, 9.17) is 0 Å². The van der Waals surface area contributed by atoms with Crippen LogP contribution >= 0.6 is 0 Å². The van der Waals surface area contributed by atoms with E-state index in [0.717, 1.165) is 6.08 Å². The standard InChI is InChI=1S/C9H13F3O2/c1-4-14-8(13)7(5-6(2)3)9(10,11)12/h5-6H,4H2,1-3H3/b7-5-. The molecule has 0 rings (SSSR count). The largest absolute Gasteiger partial charge is 0.462 e. The van der Waals surface area contributed by atoms with Crippen molar-refractivity contribution in [2.45, 2.75) is 26.9 Å². The second-order valence-corrected chi connectivity index (χ2v) is 3.04. The first-order valence-electron chi connectivity index (χ1n) is 4.25. The molecule has 0 heterocycles. The zero-order valence-corrected chi connectivity index (χ0v) is 8.31. The van der Waals surface area contributed by atoms with Gasteiger partial charge in [0.2, 0.25) is 0 Å². The molecule has 82 valence electrons. The first-order valence-corrected chi connectivity index (χ1v) is 4.25. The molecule has 0 fully saturated rings. The summed E-state index contributed by atoms with van der Waals surface area (Å²) in [6.07, 6.45) is -3.78. The molecule has 0 atom stereocenters. The summed E-state index contributed by atoms with van der Waals surface area (Å²) in [4.78, 5) is 10.9. The van der Waals surface area contributed by atoms with E-state index in [0.29, 0.717) is 0 Å². The molecule has 0 bridgehead atoms. The average Bonchev–Trinajstić information content (AvgIpc) is 1.98. The summed E-state index contributed by atoms with van der Waals surface area (Å²) in [6, 6.07) is 0. The molecule has 0 amide bonds. The van der Waals surface area contributed by atoms with Gasteiger partial charge in [0, 0.05) is 0 Å². The molecule has 0 saturated heterocycles. The van der Waals surface area contributed by atoms with E-state index < -0.39 is 17.7 Å². The molecule has 0 aliphatic heterocycles. The number of allylic oxidation sites excluding steroid dienone is 1. The van der Waals surface area contributed by atoms with E-state index in [9.17, 15) is 18.0 Å².